The van der Waals surface area contributed by atoms with Crippen molar-refractivity contribution < 1.29 is 26.9 Å². The monoisotopic (exact) mass is 350 g/mol. The third kappa shape index (κ3) is 5.78. The van der Waals surface area contributed by atoms with E-state index in [9.17, 15) is 13.2 Å². The Bertz CT molecular complexity index is 674. The van der Waals surface area contributed by atoms with E-state index in [2.05, 4.69) is 15.3 Å². The van der Waals surface area contributed by atoms with Crippen molar-refractivity contribution in [2.24, 2.45) is 5.10 Å². The van der Waals surface area contributed by atoms with E-state index in [-0.39, 0.29) is 23.1 Å². The zero-order valence-electron chi connectivity index (χ0n) is 12.1. The molecule has 1 N–H and O–H groups in total. The lowest BCUT2D eigenvalue weighted by molar-refractivity contribution is 0.171. The van der Waals surface area contributed by atoms with Crippen molar-refractivity contribution in [1.29, 1.82) is 0 Å². The summed E-state index contributed by atoms with van der Waals surface area (Å²) in [4.78, 5) is 10.9. The molecule has 0 saturated heterocycles. The summed E-state index contributed by atoms with van der Waals surface area (Å²) >= 11 is 6.00. The van der Waals surface area contributed by atoms with Gasteiger partial charge in [0.15, 0.2) is 5.75 Å². The van der Waals surface area contributed by atoms with Crippen molar-refractivity contribution >= 4 is 34.0 Å². The Labute approximate surface area is 133 Å². The Balaban J connectivity index is 3.11. The molecule has 0 atom stereocenters. The van der Waals surface area contributed by atoms with Crippen LogP contribution in [-0.4, -0.2) is 40.7 Å². The van der Waals surface area contributed by atoms with Crippen LogP contribution in [0, 0.1) is 0 Å². The van der Waals surface area contributed by atoms with E-state index in [1.807, 2.05) is 0 Å². The molecule has 0 radical (unpaired) electrons. The summed E-state index contributed by atoms with van der Waals surface area (Å²) in [7, 11) is -2.56. The largest absolute Gasteiger partial charge is 0.490 e. The second kappa shape index (κ2) is 7.85. The molecule has 0 heterocycles. The molecule has 10 heteroatoms. The van der Waals surface area contributed by atoms with Gasteiger partial charge in [0.2, 0.25) is 5.75 Å². The van der Waals surface area contributed by atoms with E-state index >= 15 is 0 Å². The molecule has 1 aromatic rings. The number of carbonyl (C=O) groups excluding carboxylic acids is 1. The molecule has 0 aliphatic rings. The van der Waals surface area contributed by atoms with E-state index in [0.717, 1.165) is 6.26 Å². The van der Waals surface area contributed by atoms with Crippen LogP contribution < -0.4 is 14.3 Å². The molecule has 1 amide bonds. The lowest BCUT2D eigenvalue weighted by atomic mass is 10.2. The summed E-state index contributed by atoms with van der Waals surface area (Å²) < 4.78 is 37.0. The van der Waals surface area contributed by atoms with Gasteiger partial charge in [0.05, 0.1) is 31.2 Å². The molecule has 1 rings (SSSR count). The van der Waals surface area contributed by atoms with Gasteiger partial charge in [0.25, 0.3) is 0 Å². The number of nitrogens with zero attached hydrogens (tertiary/aromatic N) is 1. The van der Waals surface area contributed by atoms with E-state index < -0.39 is 16.2 Å². The Hall–Kier alpha value is -2.00. The maximum Gasteiger partial charge on any atom is 0.427 e. The highest BCUT2D eigenvalue weighted by Gasteiger charge is 2.16. The minimum Gasteiger partial charge on any atom is -0.490 e. The lowest BCUT2D eigenvalue weighted by Crippen LogP contribution is -2.16. The SMILES string of the molecule is CCOc1cc(/C=N/NC(=O)OC)cc(Cl)c1OS(C)(=O)=O. The number of hydrogen-bond donors (Lipinski definition) is 1. The average Bonchev–Trinajstić information content (AvgIpc) is 2.41. The van der Waals surface area contributed by atoms with Gasteiger partial charge in [-0.15, -0.1) is 0 Å². The minimum atomic E-state index is -3.76. The quantitative estimate of drug-likeness (QED) is 0.476. The molecule has 0 aliphatic carbocycles. The number of amides is 1. The van der Waals surface area contributed by atoms with Crippen LogP contribution in [0.15, 0.2) is 17.2 Å². The van der Waals surface area contributed by atoms with Crippen molar-refractivity contribution in [3.8, 4) is 11.5 Å². The minimum absolute atomic E-state index is 0.0240. The number of benzene rings is 1. The fourth-order valence-corrected chi connectivity index (χ4v) is 2.14. The van der Waals surface area contributed by atoms with Crippen molar-refractivity contribution in [2.45, 2.75) is 6.92 Å². The molecule has 22 heavy (non-hydrogen) atoms. The fourth-order valence-electron chi connectivity index (χ4n) is 1.36. The van der Waals surface area contributed by atoms with Gasteiger partial charge < -0.3 is 13.7 Å². The zero-order chi connectivity index (χ0) is 16.8. The second-order valence-electron chi connectivity index (χ2n) is 3.91. The van der Waals surface area contributed by atoms with Crippen LogP contribution in [0.5, 0.6) is 11.5 Å². The summed E-state index contributed by atoms with van der Waals surface area (Å²) in [6, 6.07) is 2.88. The maximum absolute atomic E-state index is 11.3. The molecule has 0 spiro atoms. The Kier molecular flexibility index (Phi) is 6.44. The number of ether oxygens (including phenoxy) is 2. The Morgan fingerprint density at radius 3 is 2.68 bits per heavy atom. The molecule has 0 unspecified atom stereocenters. The first-order chi connectivity index (χ1) is 10.3. The van der Waals surface area contributed by atoms with Gasteiger partial charge in [-0.1, -0.05) is 11.6 Å². The molecule has 0 saturated carbocycles. The third-order valence-electron chi connectivity index (χ3n) is 2.12. The first-order valence-corrected chi connectivity index (χ1v) is 8.19. The van der Waals surface area contributed by atoms with Crippen LogP contribution >= 0.6 is 11.6 Å². The van der Waals surface area contributed by atoms with Crippen LogP contribution in [0.2, 0.25) is 5.02 Å². The van der Waals surface area contributed by atoms with Crippen LogP contribution in [-0.2, 0) is 14.9 Å². The smallest absolute Gasteiger partial charge is 0.427 e. The molecule has 0 bridgehead atoms. The normalized spacial score (nSPS) is 11.3. The summed E-state index contributed by atoms with van der Waals surface area (Å²) in [6.07, 6.45) is 1.45. The van der Waals surface area contributed by atoms with Crippen molar-refractivity contribution in [3.63, 3.8) is 0 Å². The Morgan fingerprint density at radius 1 is 1.45 bits per heavy atom. The van der Waals surface area contributed by atoms with Crippen molar-refractivity contribution in [2.75, 3.05) is 20.0 Å². The number of rotatable bonds is 6. The summed E-state index contributed by atoms with van der Waals surface area (Å²) in [5.74, 6) is 0.0315. The predicted molar refractivity (Wildman–Crippen MR) is 81.2 cm³/mol. The molecule has 0 aromatic heterocycles. The van der Waals surface area contributed by atoms with Crippen LogP contribution in [0.1, 0.15) is 12.5 Å². The standard InChI is InChI=1S/C12H15ClN2O6S/c1-4-20-10-6-8(7-14-15-12(16)19-2)5-9(13)11(10)21-22(3,17)18/h5-7H,4H2,1-3H3,(H,15,16)/b14-7+. The van der Waals surface area contributed by atoms with Gasteiger partial charge >= 0.3 is 16.2 Å². The molecular formula is C12H15ClN2O6S. The average molecular weight is 351 g/mol. The highest BCUT2D eigenvalue weighted by molar-refractivity contribution is 7.86. The number of hydrazone groups is 1. The highest BCUT2D eigenvalue weighted by Crippen LogP contribution is 2.37. The second-order valence-corrected chi connectivity index (χ2v) is 5.89. The number of carbonyl (C=O) groups is 1. The molecule has 8 nitrogen and oxygen atoms in total. The first-order valence-electron chi connectivity index (χ1n) is 5.99. The fraction of sp³-hybridized carbons (Fsp3) is 0.333. The summed E-state index contributed by atoms with van der Waals surface area (Å²) in [6.45, 7) is 2.00. The first kappa shape index (κ1) is 18.1. The van der Waals surface area contributed by atoms with Crippen LogP contribution in [0.3, 0.4) is 0 Å². The zero-order valence-corrected chi connectivity index (χ0v) is 13.7. The van der Waals surface area contributed by atoms with Crippen LogP contribution in [0.4, 0.5) is 4.79 Å². The van der Waals surface area contributed by atoms with Crippen molar-refractivity contribution in [1.82, 2.24) is 5.43 Å². The lowest BCUT2D eigenvalue weighted by Gasteiger charge is -2.12. The Morgan fingerprint density at radius 2 is 2.14 bits per heavy atom. The van der Waals surface area contributed by atoms with Crippen LogP contribution in [0.25, 0.3) is 0 Å². The molecule has 0 fully saturated rings. The van der Waals surface area contributed by atoms with Gasteiger partial charge in [-0.3, -0.25) is 0 Å². The number of halogens is 1. The van der Waals surface area contributed by atoms with Gasteiger partial charge in [-0.05, 0) is 24.6 Å². The summed E-state index contributed by atoms with van der Waals surface area (Å²) in [5.41, 5.74) is 2.57. The molecule has 1 aromatic carbocycles. The van der Waals surface area contributed by atoms with Gasteiger partial charge in [-0.25, -0.2) is 10.2 Å². The van der Waals surface area contributed by atoms with Crippen molar-refractivity contribution in [3.05, 3.63) is 22.7 Å². The maximum atomic E-state index is 11.3. The molecule has 122 valence electrons. The van der Waals surface area contributed by atoms with Gasteiger partial charge in [-0.2, -0.15) is 13.5 Å². The van der Waals surface area contributed by atoms with E-state index in [0.29, 0.717) is 5.56 Å². The van der Waals surface area contributed by atoms with E-state index in [1.54, 1.807) is 6.92 Å². The molecular weight excluding hydrogens is 336 g/mol. The third-order valence-corrected chi connectivity index (χ3v) is 2.87. The van der Waals surface area contributed by atoms with E-state index in [4.69, 9.17) is 20.5 Å². The highest BCUT2D eigenvalue weighted by atomic mass is 35.5. The topological polar surface area (TPSA) is 103 Å². The number of hydrogen-bond acceptors (Lipinski definition) is 7. The van der Waals surface area contributed by atoms with Gasteiger partial charge in [0.1, 0.15) is 0 Å². The number of nitrogens with one attached hydrogen (secondary N) is 1. The summed E-state index contributed by atoms with van der Waals surface area (Å²) in [5, 5.41) is 3.66. The number of methoxy groups -OCH3 is 1. The predicted octanol–water partition coefficient (Wildman–Crippen LogP) is 1.77. The molecule has 0 aliphatic heterocycles. The van der Waals surface area contributed by atoms with Gasteiger partial charge in [0, 0.05) is 0 Å². The van der Waals surface area contributed by atoms with E-state index in [1.165, 1.54) is 25.5 Å².